The van der Waals surface area contributed by atoms with E-state index in [1.54, 1.807) is 0 Å². The Morgan fingerprint density at radius 3 is 1.56 bits per heavy atom. The van der Waals surface area contributed by atoms with Crippen molar-refractivity contribution in [2.45, 2.75) is 134 Å². The van der Waals surface area contributed by atoms with Crippen molar-refractivity contribution < 1.29 is 40.2 Å². The predicted molar refractivity (Wildman–Crippen MR) is 141 cm³/mol. The smallest absolute Gasteiger partial charge is 0.379 e. The van der Waals surface area contributed by atoms with E-state index in [9.17, 15) is 30.7 Å². The minimum absolute atomic E-state index is 0.0854. The lowest BCUT2D eigenvalue weighted by Crippen LogP contribution is -2.53. The second-order valence-corrected chi connectivity index (χ2v) is 10.9. The van der Waals surface area contributed by atoms with E-state index in [-0.39, 0.29) is 12.5 Å². The summed E-state index contributed by atoms with van der Waals surface area (Å²) in [5, 5.41) is 0. The van der Waals surface area contributed by atoms with Crippen LogP contribution in [0.3, 0.4) is 0 Å². The average Bonchev–Trinajstić information content (AvgIpc) is 2.85. The molecule has 0 aliphatic carbocycles. The quantitative estimate of drug-likeness (QED) is 0.102. The Kier molecular flexibility index (Phi) is 17.3. The Hall–Kier alpha value is -1.35. The van der Waals surface area contributed by atoms with Gasteiger partial charge in [0.15, 0.2) is 0 Å². The van der Waals surface area contributed by atoms with Crippen molar-refractivity contribution in [2.24, 2.45) is 5.92 Å². The lowest BCUT2D eigenvalue weighted by atomic mass is 9.96. The molecule has 0 saturated heterocycles. The summed E-state index contributed by atoms with van der Waals surface area (Å²) in [6.07, 6.45) is -3.00. The van der Waals surface area contributed by atoms with Crippen LogP contribution >= 0.6 is 0 Å². The second-order valence-electron chi connectivity index (χ2n) is 10.9. The van der Waals surface area contributed by atoms with Gasteiger partial charge >= 0.3 is 12.4 Å². The van der Waals surface area contributed by atoms with Crippen LogP contribution in [0, 0.1) is 5.92 Å². The lowest BCUT2D eigenvalue weighted by molar-refractivity contribution is -0.343. The number of benzene rings is 1. The summed E-state index contributed by atoms with van der Waals surface area (Å²) >= 11 is 0. The van der Waals surface area contributed by atoms with E-state index in [4.69, 9.17) is 9.47 Å². The fraction of sp³-hybridized carbons (Fsp3) is 0.800. The van der Waals surface area contributed by atoms with Gasteiger partial charge in [-0.05, 0) is 37.2 Å². The highest BCUT2D eigenvalue weighted by atomic mass is 19.4. The Labute approximate surface area is 230 Å². The van der Waals surface area contributed by atoms with E-state index in [0.717, 1.165) is 76.4 Å². The molecule has 0 spiro atoms. The molecular formula is C30H47F7O2. The Balaban J connectivity index is 1.98. The standard InChI is InChI=1S/C30H47F7O2/c1-25(2)22-27(39-23-26-18-14-13-15-19-26)24-38-21-17-12-10-8-6-4-3-5-7-9-11-16-20-28(31,29(32,33)34)30(35,36)37/h13-15,18-19,25,27H,3-12,16-17,20-24H2,1-2H3. The minimum atomic E-state index is -5.94. The fourth-order valence-corrected chi connectivity index (χ4v) is 4.50. The van der Waals surface area contributed by atoms with E-state index in [1.165, 1.54) is 0 Å². The molecule has 1 aromatic carbocycles. The van der Waals surface area contributed by atoms with Gasteiger partial charge in [0.1, 0.15) is 0 Å². The number of unbranched alkanes of at least 4 members (excludes halogenated alkanes) is 11. The topological polar surface area (TPSA) is 18.5 Å². The number of hydrogen-bond acceptors (Lipinski definition) is 2. The molecule has 0 fully saturated rings. The molecule has 228 valence electrons. The summed E-state index contributed by atoms with van der Waals surface area (Å²) in [5.74, 6) is 0.535. The van der Waals surface area contributed by atoms with Crippen LogP contribution in [0.4, 0.5) is 30.7 Å². The second kappa shape index (κ2) is 18.9. The number of alkyl halides is 7. The van der Waals surface area contributed by atoms with Crippen molar-refractivity contribution in [3.63, 3.8) is 0 Å². The molecule has 1 aromatic rings. The van der Waals surface area contributed by atoms with Crippen molar-refractivity contribution in [2.75, 3.05) is 13.2 Å². The summed E-state index contributed by atoms with van der Waals surface area (Å²) in [6, 6.07) is 10.1. The molecule has 0 aliphatic rings. The van der Waals surface area contributed by atoms with E-state index < -0.39 is 30.9 Å². The van der Waals surface area contributed by atoms with Crippen molar-refractivity contribution in [3.8, 4) is 0 Å². The van der Waals surface area contributed by atoms with E-state index in [1.807, 2.05) is 18.2 Å². The molecule has 1 atom stereocenters. The van der Waals surface area contributed by atoms with Crippen LogP contribution in [-0.4, -0.2) is 37.3 Å². The molecule has 0 amide bonds. The highest BCUT2D eigenvalue weighted by Crippen LogP contribution is 2.49. The van der Waals surface area contributed by atoms with Gasteiger partial charge in [-0.3, -0.25) is 0 Å². The van der Waals surface area contributed by atoms with Gasteiger partial charge in [-0.15, -0.1) is 0 Å². The first-order valence-electron chi connectivity index (χ1n) is 14.4. The highest BCUT2D eigenvalue weighted by Gasteiger charge is 2.71. The summed E-state index contributed by atoms with van der Waals surface area (Å²) in [7, 11) is 0. The van der Waals surface area contributed by atoms with Gasteiger partial charge in [0.2, 0.25) is 0 Å². The third-order valence-corrected chi connectivity index (χ3v) is 6.83. The van der Waals surface area contributed by atoms with Crippen LogP contribution in [0.1, 0.15) is 109 Å². The third kappa shape index (κ3) is 15.3. The Bertz CT molecular complexity index is 706. The molecule has 1 rings (SSSR count). The molecule has 0 heterocycles. The normalized spacial score (nSPS) is 13.8. The molecule has 0 aromatic heterocycles. The SMILES string of the molecule is CC(C)CC(COCCCCCCCCCCCCCCC(F)(C(F)(F)F)C(F)(F)F)OCc1ccccc1. The fourth-order valence-electron chi connectivity index (χ4n) is 4.50. The molecule has 0 N–H and O–H groups in total. The van der Waals surface area contributed by atoms with Crippen LogP contribution in [-0.2, 0) is 16.1 Å². The first kappa shape index (κ1) is 35.7. The predicted octanol–water partition coefficient (Wildman–Crippen LogP) is 10.5. The van der Waals surface area contributed by atoms with Gasteiger partial charge in [0, 0.05) is 6.61 Å². The van der Waals surface area contributed by atoms with Gasteiger partial charge in [0.25, 0.3) is 5.67 Å². The average molecular weight is 573 g/mol. The van der Waals surface area contributed by atoms with Gasteiger partial charge in [-0.25, -0.2) is 4.39 Å². The van der Waals surface area contributed by atoms with Gasteiger partial charge in [-0.2, -0.15) is 26.3 Å². The highest BCUT2D eigenvalue weighted by molar-refractivity contribution is 5.13. The molecule has 0 bridgehead atoms. The van der Waals surface area contributed by atoms with Gasteiger partial charge in [0.05, 0.1) is 19.3 Å². The van der Waals surface area contributed by atoms with E-state index in [0.29, 0.717) is 25.6 Å². The number of hydrogen-bond donors (Lipinski definition) is 0. The molecule has 1 unspecified atom stereocenters. The maximum Gasteiger partial charge on any atom is 0.431 e. The molecule has 0 aliphatic heterocycles. The molecular weight excluding hydrogens is 525 g/mol. The van der Waals surface area contributed by atoms with Crippen molar-refractivity contribution in [1.82, 2.24) is 0 Å². The summed E-state index contributed by atoms with van der Waals surface area (Å²) in [5.41, 5.74) is -3.95. The van der Waals surface area contributed by atoms with Gasteiger partial charge < -0.3 is 9.47 Å². The van der Waals surface area contributed by atoms with Crippen molar-refractivity contribution >= 4 is 0 Å². The molecule has 0 radical (unpaired) electrons. The van der Waals surface area contributed by atoms with Crippen LogP contribution < -0.4 is 0 Å². The summed E-state index contributed by atoms with van der Waals surface area (Å²) in [6.45, 7) is 6.27. The molecule has 0 saturated carbocycles. The summed E-state index contributed by atoms with van der Waals surface area (Å²) in [4.78, 5) is 0. The zero-order valence-electron chi connectivity index (χ0n) is 23.5. The maximum atomic E-state index is 13.6. The van der Waals surface area contributed by atoms with Crippen LogP contribution in [0.5, 0.6) is 0 Å². The first-order valence-corrected chi connectivity index (χ1v) is 14.4. The Morgan fingerprint density at radius 1 is 0.641 bits per heavy atom. The lowest BCUT2D eigenvalue weighted by Gasteiger charge is -2.29. The largest absolute Gasteiger partial charge is 0.431 e. The van der Waals surface area contributed by atoms with Crippen LogP contribution in [0.25, 0.3) is 0 Å². The van der Waals surface area contributed by atoms with E-state index >= 15 is 0 Å². The monoisotopic (exact) mass is 572 g/mol. The number of rotatable bonds is 22. The zero-order chi connectivity index (χ0) is 29.2. The van der Waals surface area contributed by atoms with Crippen LogP contribution in [0.2, 0.25) is 0 Å². The summed E-state index contributed by atoms with van der Waals surface area (Å²) < 4.78 is 101. The first-order chi connectivity index (χ1) is 18.4. The van der Waals surface area contributed by atoms with Gasteiger partial charge in [-0.1, -0.05) is 108 Å². The maximum absolute atomic E-state index is 13.6. The van der Waals surface area contributed by atoms with Crippen molar-refractivity contribution in [3.05, 3.63) is 35.9 Å². The zero-order valence-corrected chi connectivity index (χ0v) is 23.5. The third-order valence-electron chi connectivity index (χ3n) is 6.83. The Morgan fingerprint density at radius 2 is 1.10 bits per heavy atom. The van der Waals surface area contributed by atoms with Crippen LogP contribution in [0.15, 0.2) is 30.3 Å². The number of halogens is 7. The number of ether oxygens (including phenoxy) is 2. The minimum Gasteiger partial charge on any atom is -0.379 e. The van der Waals surface area contributed by atoms with E-state index in [2.05, 4.69) is 26.0 Å². The molecule has 9 heteroatoms. The molecule has 2 nitrogen and oxygen atoms in total. The molecule has 39 heavy (non-hydrogen) atoms. The van der Waals surface area contributed by atoms with Crippen molar-refractivity contribution in [1.29, 1.82) is 0 Å².